The molecule has 20 heavy (non-hydrogen) atoms. The van der Waals surface area contributed by atoms with Crippen LogP contribution in [0.25, 0.3) is 0 Å². The quantitative estimate of drug-likeness (QED) is 0.837. The zero-order chi connectivity index (χ0) is 15.5. The zero-order valence-electron chi connectivity index (χ0n) is 11.6. The van der Waals surface area contributed by atoms with Gasteiger partial charge in [-0.15, -0.1) is 0 Å². The Morgan fingerprint density at radius 3 is 2.45 bits per heavy atom. The Bertz CT molecular complexity index is 598. The molecule has 5 nitrogen and oxygen atoms in total. The molecule has 0 bridgehead atoms. The maximum absolute atomic E-state index is 13.4. The molecule has 0 fully saturated rings. The standard InChI is InChI=1S/C13H18FNO4S/c1-8(2)12(13(16)17)15-20(18,19)7-10-5-4-9(3)11(14)6-10/h4-6,8,12,15H,7H2,1-3H3,(H,16,17). The summed E-state index contributed by atoms with van der Waals surface area (Å²) in [6.07, 6.45) is 0. The predicted octanol–water partition coefficient (Wildman–Crippen LogP) is 1.66. The molecular weight excluding hydrogens is 285 g/mol. The van der Waals surface area contributed by atoms with Crippen LogP contribution in [0.5, 0.6) is 0 Å². The summed E-state index contributed by atoms with van der Waals surface area (Å²) in [6, 6.07) is 2.93. The summed E-state index contributed by atoms with van der Waals surface area (Å²) in [5.41, 5.74) is 0.693. The molecule has 2 N–H and O–H groups in total. The SMILES string of the molecule is Cc1ccc(CS(=O)(=O)NC(C(=O)O)C(C)C)cc1F. The summed E-state index contributed by atoms with van der Waals surface area (Å²) in [5, 5.41) is 8.97. The number of benzene rings is 1. The van der Waals surface area contributed by atoms with Crippen LogP contribution >= 0.6 is 0 Å². The lowest BCUT2D eigenvalue weighted by atomic mass is 10.1. The third-order valence-electron chi connectivity index (χ3n) is 2.83. The van der Waals surface area contributed by atoms with Gasteiger partial charge in [-0.05, 0) is 30.0 Å². The van der Waals surface area contributed by atoms with Gasteiger partial charge >= 0.3 is 5.97 Å². The van der Waals surface area contributed by atoms with Crippen molar-refractivity contribution in [2.75, 3.05) is 0 Å². The van der Waals surface area contributed by atoms with Gasteiger partial charge in [0.25, 0.3) is 0 Å². The molecule has 1 aromatic carbocycles. The first-order valence-electron chi connectivity index (χ1n) is 6.10. The molecule has 1 unspecified atom stereocenters. The molecule has 0 spiro atoms. The number of rotatable bonds is 6. The first-order chi connectivity index (χ1) is 9.12. The maximum Gasteiger partial charge on any atom is 0.321 e. The number of hydrogen-bond donors (Lipinski definition) is 2. The molecule has 0 radical (unpaired) electrons. The Morgan fingerprint density at radius 1 is 1.40 bits per heavy atom. The molecule has 0 aromatic heterocycles. The molecule has 1 rings (SSSR count). The molecule has 0 amide bonds. The average Bonchev–Trinajstić information content (AvgIpc) is 2.30. The summed E-state index contributed by atoms with van der Waals surface area (Å²) >= 11 is 0. The van der Waals surface area contributed by atoms with E-state index in [1.807, 2.05) is 0 Å². The highest BCUT2D eigenvalue weighted by Gasteiger charge is 2.27. The molecule has 0 saturated heterocycles. The van der Waals surface area contributed by atoms with Crippen molar-refractivity contribution in [1.82, 2.24) is 4.72 Å². The molecule has 1 atom stereocenters. The van der Waals surface area contributed by atoms with Crippen molar-refractivity contribution >= 4 is 16.0 Å². The number of aliphatic carboxylic acids is 1. The third-order valence-corrected chi connectivity index (χ3v) is 4.16. The van der Waals surface area contributed by atoms with Crippen molar-refractivity contribution < 1.29 is 22.7 Å². The van der Waals surface area contributed by atoms with Gasteiger partial charge in [-0.3, -0.25) is 4.79 Å². The van der Waals surface area contributed by atoms with E-state index in [1.54, 1.807) is 20.8 Å². The van der Waals surface area contributed by atoms with Crippen molar-refractivity contribution in [3.8, 4) is 0 Å². The van der Waals surface area contributed by atoms with E-state index in [9.17, 15) is 17.6 Å². The molecule has 0 aliphatic carbocycles. The number of carboxylic acids is 1. The smallest absolute Gasteiger partial charge is 0.321 e. The molecule has 0 aliphatic rings. The van der Waals surface area contributed by atoms with Gasteiger partial charge in [-0.1, -0.05) is 26.0 Å². The van der Waals surface area contributed by atoms with E-state index >= 15 is 0 Å². The van der Waals surface area contributed by atoms with Gasteiger partial charge in [0.2, 0.25) is 10.0 Å². The number of sulfonamides is 1. The molecular formula is C13H18FNO4S. The molecule has 112 valence electrons. The first kappa shape index (κ1) is 16.6. The zero-order valence-corrected chi connectivity index (χ0v) is 12.4. The fourth-order valence-corrected chi connectivity index (χ4v) is 3.11. The minimum absolute atomic E-state index is 0.272. The third kappa shape index (κ3) is 4.57. The minimum Gasteiger partial charge on any atom is -0.480 e. The van der Waals surface area contributed by atoms with Crippen LogP contribution in [0.1, 0.15) is 25.0 Å². The number of hydrogen-bond acceptors (Lipinski definition) is 3. The van der Waals surface area contributed by atoms with Crippen LogP contribution in [0.4, 0.5) is 4.39 Å². The van der Waals surface area contributed by atoms with Gasteiger partial charge in [0.15, 0.2) is 0 Å². The highest BCUT2D eigenvalue weighted by Crippen LogP contribution is 2.13. The maximum atomic E-state index is 13.4. The predicted molar refractivity (Wildman–Crippen MR) is 73.2 cm³/mol. The largest absolute Gasteiger partial charge is 0.480 e. The second-order valence-electron chi connectivity index (χ2n) is 5.02. The highest BCUT2D eigenvalue weighted by atomic mass is 32.2. The van der Waals surface area contributed by atoms with Crippen LogP contribution in [0.15, 0.2) is 18.2 Å². The van der Waals surface area contributed by atoms with Crippen LogP contribution in [-0.2, 0) is 20.6 Å². The Kier molecular flexibility index (Phi) is 5.24. The molecule has 1 aromatic rings. The van der Waals surface area contributed by atoms with Crippen molar-refractivity contribution in [2.45, 2.75) is 32.6 Å². The van der Waals surface area contributed by atoms with E-state index in [0.29, 0.717) is 5.56 Å². The monoisotopic (exact) mass is 303 g/mol. The number of nitrogens with one attached hydrogen (secondary N) is 1. The summed E-state index contributed by atoms with van der Waals surface area (Å²) in [6.45, 7) is 4.78. The summed E-state index contributed by atoms with van der Waals surface area (Å²) < 4.78 is 39.3. The Hall–Kier alpha value is -1.47. The lowest BCUT2D eigenvalue weighted by Gasteiger charge is -2.18. The van der Waals surface area contributed by atoms with Crippen molar-refractivity contribution in [2.24, 2.45) is 5.92 Å². The van der Waals surface area contributed by atoms with Crippen molar-refractivity contribution in [3.05, 3.63) is 35.1 Å². The second-order valence-corrected chi connectivity index (χ2v) is 6.77. The van der Waals surface area contributed by atoms with E-state index in [1.165, 1.54) is 12.1 Å². The van der Waals surface area contributed by atoms with Gasteiger partial charge < -0.3 is 5.11 Å². The number of carbonyl (C=O) groups is 1. The van der Waals surface area contributed by atoms with E-state index in [4.69, 9.17) is 5.11 Å². The van der Waals surface area contributed by atoms with Crippen LogP contribution in [0.3, 0.4) is 0 Å². The molecule has 0 saturated carbocycles. The van der Waals surface area contributed by atoms with E-state index in [2.05, 4.69) is 4.72 Å². The Balaban J connectivity index is 2.89. The molecule has 0 aliphatic heterocycles. The fourth-order valence-electron chi connectivity index (χ4n) is 1.65. The van der Waals surface area contributed by atoms with E-state index in [0.717, 1.165) is 6.07 Å². The number of halogens is 1. The van der Waals surface area contributed by atoms with Crippen LogP contribution in [0.2, 0.25) is 0 Å². The van der Waals surface area contributed by atoms with Gasteiger partial charge in [0.1, 0.15) is 11.9 Å². The average molecular weight is 303 g/mol. The second kappa shape index (κ2) is 6.32. The van der Waals surface area contributed by atoms with Crippen molar-refractivity contribution in [1.29, 1.82) is 0 Å². The van der Waals surface area contributed by atoms with E-state index < -0.39 is 39.5 Å². The lowest BCUT2D eigenvalue weighted by molar-refractivity contribution is -0.140. The highest BCUT2D eigenvalue weighted by molar-refractivity contribution is 7.88. The van der Waals surface area contributed by atoms with Crippen LogP contribution < -0.4 is 4.72 Å². The molecule has 7 heteroatoms. The van der Waals surface area contributed by atoms with Gasteiger partial charge in [-0.2, -0.15) is 0 Å². The fraction of sp³-hybridized carbons (Fsp3) is 0.462. The summed E-state index contributed by atoms with van der Waals surface area (Å²) in [4.78, 5) is 11.0. The Labute approximate surface area is 117 Å². The van der Waals surface area contributed by atoms with Crippen LogP contribution in [0, 0.1) is 18.7 Å². The lowest BCUT2D eigenvalue weighted by Crippen LogP contribution is -2.44. The Morgan fingerprint density at radius 2 is 2.00 bits per heavy atom. The van der Waals surface area contributed by atoms with Crippen LogP contribution in [-0.4, -0.2) is 25.5 Å². The summed E-state index contributed by atoms with van der Waals surface area (Å²) in [7, 11) is -3.85. The van der Waals surface area contributed by atoms with Gasteiger partial charge in [0, 0.05) is 0 Å². The van der Waals surface area contributed by atoms with Crippen molar-refractivity contribution in [3.63, 3.8) is 0 Å². The summed E-state index contributed by atoms with van der Waals surface area (Å²) in [5.74, 6) is -2.58. The van der Waals surface area contributed by atoms with Gasteiger partial charge in [-0.25, -0.2) is 17.5 Å². The minimum atomic E-state index is -3.85. The first-order valence-corrected chi connectivity index (χ1v) is 7.75. The van der Waals surface area contributed by atoms with Gasteiger partial charge in [0.05, 0.1) is 5.75 Å². The number of aryl methyl sites for hydroxylation is 1. The van der Waals surface area contributed by atoms with E-state index in [-0.39, 0.29) is 5.56 Å². The normalized spacial score (nSPS) is 13.4. The molecule has 0 heterocycles. The number of carboxylic acid groups (broad SMARTS) is 1. The topological polar surface area (TPSA) is 83.5 Å².